The lowest BCUT2D eigenvalue weighted by molar-refractivity contribution is 0.0946. The van der Waals surface area contributed by atoms with Crippen LogP contribution in [0.3, 0.4) is 0 Å². The lowest BCUT2D eigenvalue weighted by atomic mass is 10.2. The normalized spacial score (nSPS) is 14.9. The fraction of sp³-hybridized carbons (Fsp3) is 0.348. The zero-order valence-electron chi connectivity index (χ0n) is 17.2. The number of rotatable bonds is 9. The molecule has 3 heterocycles. The van der Waals surface area contributed by atoms with E-state index in [0.29, 0.717) is 18.8 Å². The third-order valence-electron chi connectivity index (χ3n) is 5.24. The molecule has 0 unspecified atom stereocenters. The fourth-order valence-corrected chi connectivity index (χ4v) is 3.74. The van der Waals surface area contributed by atoms with E-state index in [1.165, 1.54) is 5.69 Å². The molecule has 1 aromatic carbocycles. The van der Waals surface area contributed by atoms with Gasteiger partial charge in [0.15, 0.2) is 0 Å². The van der Waals surface area contributed by atoms with Gasteiger partial charge in [0.05, 0.1) is 12.7 Å². The van der Waals surface area contributed by atoms with Crippen molar-refractivity contribution in [2.24, 2.45) is 0 Å². The molecule has 0 radical (unpaired) electrons. The van der Waals surface area contributed by atoms with Crippen LogP contribution in [0.25, 0.3) is 0 Å². The lowest BCUT2D eigenvalue weighted by Crippen LogP contribution is -2.30. The van der Waals surface area contributed by atoms with Crippen molar-refractivity contribution in [1.29, 1.82) is 0 Å². The maximum Gasteiger partial charge on any atom is 0.271 e. The highest BCUT2D eigenvalue weighted by molar-refractivity contribution is 5.92. The molecule has 1 amide bonds. The third kappa shape index (κ3) is 4.79. The van der Waals surface area contributed by atoms with Crippen LogP contribution in [0.2, 0.25) is 0 Å². The Morgan fingerprint density at radius 3 is 2.87 bits per heavy atom. The van der Waals surface area contributed by atoms with E-state index in [4.69, 9.17) is 4.74 Å². The number of pyridine rings is 1. The number of amides is 1. The molecule has 1 aliphatic rings. The predicted octanol–water partition coefficient (Wildman–Crippen LogP) is 2.93. The van der Waals surface area contributed by atoms with Gasteiger partial charge in [0.1, 0.15) is 17.5 Å². The number of benzene rings is 1. The van der Waals surface area contributed by atoms with Gasteiger partial charge in [-0.2, -0.15) is 5.10 Å². The van der Waals surface area contributed by atoms with Gasteiger partial charge in [-0.05, 0) is 43.7 Å². The Labute approximate surface area is 176 Å². The quantitative estimate of drug-likeness (QED) is 0.554. The number of carbonyl (C=O) groups is 1. The van der Waals surface area contributed by atoms with E-state index in [1.807, 2.05) is 41.1 Å². The van der Waals surface area contributed by atoms with Crippen molar-refractivity contribution in [3.05, 3.63) is 72.3 Å². The number of nitrogens with one attached hydrogen (secondary N) is 1. The molecule has 2 aromatic heterocycles. The standard InChI is InChI=1S/C23H27N5O2/c1-2-27(18-8-4-3-5-9-18)13-7-12-25-23(29)22-15-19-14-21(17-28(19)26-22)30-20-10-6-11-24-16-20/h3-6,8-11,15-16,21H,2,7,12-14,17H2,1H3,(H,25,29)/t21-/m0/s1. The van der Waals surface area contributed by atoms with Crippen LogP contribution in [0.1, 0.15) is 29.5 Å². The number of carbonyl (C=O) groups excluding carboxylic acids is 1. The Hall–Kier alpha value is -3.35. The number of hydrogen-bond acceptors (Lipinski definition) is 5. The summed E-state index contributed by atoms with van der Waals surface area (Å²) in [6, 6.07) is 15.9. The summed E-state index contributed by atoms with van der Waals surface area (Å²) in [6.45, 7) is 5.24. The molecule has 1 aliphatic heterocycles. The third-order valence-corrected chi connectivity index (χ3v) is 5.24. The first kappa shape index (κ1) is 19.9. The molecule has 0 fully saturated rings. The molecule has 1 atom stereocenters. The minimum absolute atomic E-state index is 0.0202. The number of fused-ring (bicyclic) bond motifs is 1. The zero-order valence-corrected chi connectivity index (χ0v) is 17.2. The van der Waals surface area contributed by atoms with E-state index in [0.717, 1.165) is 37.4 Å². The number of anilines is 1. The van der Waals surface area contributed by atoms with E-state index >= 15 is 0 Å². The number of hydrogen-bond donors (Lipinski definition) is 1. The second-order valence-electron chi connectivity index (χ2n) is 7.36. The molecule has 4 rings (SSSR count). The van der Waals surface area contributed by atoms with E-state index in [2.05, 4.69) is 39.4 Å². The van der Waals surface area contributed by atoms with Gasteiger partial charge in [-0.25, -0.2) is 0 Å². The SMILES string of the molecule is CCN(CCCNC(=O)c1cc2n(n1)C[C@@H](Oc1cccnc1)C2)c1ccccc1. The molecular weight excluding hydrogens is 378 g/mol. The van der Waals surface area contributed by atoms with Gasteiger partial charge < -0.3 is 15.0 Å². The Bertz CT molecular complexity index is 935. The molecule has 0 aliphatic carbocycles. The number of nitrogens with zero attached hydrogens (tertiary/aromatic N) is 4. The van der Waals surface area contributed by atoms with E-state index in [1.54, 1.807) is 12.4 Å². The molecular formula is C23H27N5O2. The minimum Gasteiger partial charge on any atom is -0.486 e. The van der Waals surface area contributed by atoms with Gasteiger partial charge in [0, 0.05) is 43.6 Å². The molecule has 0 saturated heterocycles. The highest BCUT2D eigenvalue weighted by atomic mass is 16.5. The van der Waals surface area contributed by atoms with Crippen LogP contribution in [0.5, 0.6) is 5.75 Å². The van der Waals surface area contributed by atoms with Gasteiger partial charge >= 0.3 is 0 Å². The molecule has 0 saturated carbocycles. The smallest absolute Gasteiger partial charge is 0.271 e. The summed E-state index contributed by atoms with van der Waals surface area (Å²) in [5.41, 5.74) is 2.70. The van der Waals surface area contributed by atoms with Crippen LogP contribution in [-0.2, 0) is 13.0 Å². The molecule has 1 N–H and O–H groups in total. The van der Waals surface area contributed by atoms with Crippen molar-refractivity contribution in [3.8, 4) is 5.75 Å². The van der Waals surface area contributed by atoms with Crippen molar-refractivity contribution in [2.45, 2.75) is 32.4 Å². The van der Waals surface area contributed by atoms with Crippen molar-refractivity contribution in [2.75, 3.05) is 24.5 Å². The highest BCUT2D eigenvalue weighted by Gasteiger charge is 2.26. The maximum atomic E-state index is 12.5. The Morgan fingerprint density at radius 2 is 2.13 bits per heavy atom. The Balaban J connectivity index is 1.23. The fourth-order valence-electron chi connectivity index (χ4n) is 3.74. The molecule has 30 heavy (non-hydrogen) atoms. The number of para-hydroxylation sites is 1. The first-order chi connectivity index (χ1) is 14.7. The van der Waals surface area contributed by atoms with Gasteiger partial charge in [-0.3, -0.25) is 14.5 Å². The summed E-state index contributed by atoms with van der Waals surface area (Å²) < 4.78 is 7.80. The summed E-state index contributed by atoms with van der Waals surface area (Å²) in [5.74, 6) is 0.632. The average molecular weight is 406 g/mol. The molecule has 3 aromatic rings. The van der Waals surface area contributed by atoms with Crippen molar-refractivity contribution in [1.82, 2.24) is 20.1 Å². The first-order valence-corrected chi connectivity index (χ1v) is 10.4. The molecule has 7 heteroatoms. The minimum atomic E-state index is -0.121. The average Bonchev–Trinajstić information content (AvgIpc) is 3.34. The molecule has 0 spiro atoms. The van der Waals surface area contributed by atoms with Crippen molar-refractivity contribution in [3.63, 3.8) is 0 Å². The van der Waals surface area contributed by atoms with Crippen molar-refractivity contribution < 1.29 is 9.53 Å². The van der Waals surface area contributed by atoms with Gasteiger partial charge in [-0.15, -0.1) is 0 Å². The summed E-state index contributed by atoms with van der Waals surface area (Å²) in [7, 11) is 0. The van der Waals surface area contributed by atoms with Crippen LogP contribution in [-0.4, -0.2) is 46.4 Å². The highest BCUT2D eigenvalue weighted by Crippen LogP contribution is 2.21. The summed E-state index contributed by atoms with van der Waals surface area (Å²) in [6.07, 6.45) is 5.06. The predicted molar refractivity (Wildman–Crippen MR) is 116 cm³/mol. The number of ether oxygens (including phenoxy) is 1. The number of aromatic nitrogens is 3. The van der Waals surface area contributed by atoms with Gasteiger partial charge in [0.25, 0.3) is 5.91 Å². The van der Waals surface area contributed by atoms with Crippen LogP contribution < -0.4 is 15.0 Å². The second kappa shape index (κ2) is 9.43. The van der Waals surface area contributed by atoms with Gasteiger partial charge in [-0.1, -0.05) is 18.2 Å². The zero-order chi connectivity index (χ0) is 20.8. The summed E-state index contributed by atoms with van der Waals surface area (Å²) in [5, 5.41) is 7.45. The van der Waals surface area contributed by atoms with Crippen molar-refractivity contribution >= 4 is 11.6 Å². The molecule has 0 bridgehead atoms. The lowest BCUT2D eigenvalue weighted by Gasteiger charge is -2.23. The Kier molecular flexibility index (Phi) is 6.27. The Morgan fingerprint density at radius 1 is 1.27 bits per heavy atom. The largest absolute Gasteiger partial charge is 0.486 e. The van der Waals surface area contributed by atoms with Crippen LogP contribution >= 0.6 is 0 Å². The van der Waals surface area contributed by atoms with Crippen LogP contribution in [0.15, 0.2) is 60.9 Å². The monoisotopic (exact) mass is 405 g/mol. The van der Waals surface area contributed by atoms with E-state index in [-0.39, 0.29) is 12.0 Å². The van der Waals surface area contributed by atoms with Gasteiger partial charge in [0.2, 0.25) is 0 Å². The molecule has 7 nitrogen and oxygen atoms in total. The second-order valence-corrected chi connectivity index (χ2v) is 7.36. The summed E-state index contributed by atoms with van der Waals surface area (Å²) in [4.78, 5) is 18.8. The molecule has 156 valence electrons. The topological polar surface area (TPSA) is 72.3 Å². The first-order valence-electron chi connectivity index (χ1n) is 10.4. The van der Waals surface area contributed by atoms with Crippen LogP contribution in [0, 0.1) is 0 Å². The van der Waals surface area contributed by atoms with E-state index < -0.39 is 0 Å². The van der Waals surface area contributed by atoms with Crippen LogP contribution in [0.4, 0.5) is 5.69 Å². The summed E-state index contributed by atoms with van der Waals surface area (Å²) >= 11 is 0. The van der Waals surface area contributed by atoms with E-state index in [9.17, 15) is 4.79 Å². The maximum absolute atomic E-state index is 12.5.